The molecule has 0 saturated carbocycles. The van der Waals surface area contributed by atoms with Crippen LogP contribution in [0.25, 0.3) is 0 Å². The number of nitrogens with one attached hydrogen (secondary N) is 3. The van der Waals surface area contributed by atoms with Gasteiger partial charge in [-0.2, -0.15) is 0 Å². The number of amides is 1. The Kier molecular flexibility index (Phi) is 5.84. The maximum Gasteiger partial charge on any atom is 0.235 e. The summed E-state index contributed by atoms with van der Waals surface area (Å²) in [4.78, 5) is 33.6. The second-order valence-electron chi connectivity index (χ2n) is 4.15. The van der Waals surface area contributed by atoms with Gasteiger partial charge in [0.15, 0.2) is 5.78 Å². The van der Waals surface area contributed by atoms with E-state index in [1.165, 1.54) is 6.92 Å². The number of hydrogen-bond donors (Lipinski definition) is 3. The normalized spacial score (nSPS) is 13.0. The largest absolute Gasteiger partial charge is 0.344 e. The van der Waals surface area contributed by atoms with Crippen molar-refractivity contribution in [2.45, 2.75) is 26.8 Å². The summed E-state index contributed by atoms with van der Waals surface area (Å²) in [5.41, 5.74) is 4.29. The summed E-state index contributed by atoms with van der Waals surface area (Å²) < 4.78 is 0. The first-order valence-corrected chi connectivity index (χ1v) is 5.01. The summed E-state index contributed by atoms with van der Waals surface area (Å²) >= 11 is 0. The minimum absolute atomic E-state index is 0.0369. The maximum atomic E-state index is 11.4. The third-order valence-corrected chi connectivity index (χ3v) is 2.19. The molecule has 0 rings (SSSR count). The fourth-order valence-corrected chi connectivity index (χ4v) is 1.26. The molecule has 0 fully saturated rings. The van der Waals surface area contributed by atoms with Crippen molar-refractivity contribution in [1.29, 1.82) is 0 Å². The van der Waals surface area contributed by atoms with E-state index in [0.29, 0.717) is 6.29 Å². The molecule has 92 valence electrons. The van der Waals surface area contributed by atoms with E-state index >= 15 is 0 Å². The molecule has 0 aliphatic heterocycles. The second kappa shape index (κ2) is 6.34. The van der Waals surface area contributed by atoms with Crippen LogP contribution < -0.4 is 16.2 Å². The summed E-state index contributed by atoms with van der Waals surface area (Å²) in [5, 5.41) is 2.52. The van der Waals surface area contributed by atoms with E-state index < -0.39 is 11.5 Å². The molecule has 6 nitrogen and oxygen atoms in total. The summed E-state index contributed by atoms with van der Waals surface area (Å²) in [5.74, 6) is -0.584. The molecule has 3 N–H and O–H groups in total. The van der Waals surface area contributed by atoms with Crippen LogP contribution in [0.2, 0.25) is 0 Å². The molecule has 0 saturated heterocycles. The lowest BCUT2D eigenvalue weighted by Crippen LogP contribution is -2.52. The van der Waals surface area contributed by atoms with Crippen molar-refractivity contribution in [3.8, 4) is 0 Å². The molecule has 0 bridgehead atoms. The third-order valence-electron chi connectivity index (χ3n) is 2.19. The van der Waals surface area contributed by atoms with Crippen molar-refractivity contribution in [2.24, 2.45) is 5.41 Å². The van der Waals surface area contributed by atoms with Gasteiger partial charge in [0.2, 0.25) is 5.91 Å². The molecular formula is C10H19N3O3. The molecule has 0 heterocycles. The summed E-state index contributed by atoms with van der Waals surface area (Å²) in [7, 11) is 1.63. The number of hydrogen-bond acceptors (Lipinski definition) is 5. The summed E-state index contributed by atoms with van der Waals surface area (Å²) in [6.45, 7) is 4.60. The van der Waals surface area contributed by atoms with Crippen molar-refractivity contribution in [2.75, 3.05) is 13.6 Å². The van der Waals surface area contributed by atoms with Gasteiger partial charge in [0, 0.05) is 5.41 Å². The van der Waals surface area contributed by atoms with E-state index in [1.54, 1.807) is 20.9 Å². The Morgan fingerprint density at radius 3 is 2.31 bits per heavy atom. The molecule has 0 aromatic rings. The average molecular weight is 229 g/mol. The Bertz CT molecular complexity index is 276. The molecule has 16 heavy (non-hydrogen) atoms. The lowest BCUT2D eigenvalue weighted by Gasteiger charge is -2.27. The smallest absolute Gasteiger partial charge is 0.235 e. The van der Waals surface area contributed by atoms with Gasteiger partial charge in [-0.3, -0.25) is 15.0 Å². The van der Waals surface area contributed by atoms with Crippen molar-refractivity contribution >= 4 is 18.0 Å². The predicted octanol–water partition coefficient (Wildman–Crippen LogP) is -0.991. The first-order valence-electron chi connectivity index (χ1n) is 5.01. The van der Waals surface area contributed by atoms with Crippen molar-refractivity contribution < 1.29 is 14.4 Å². The molecular weight excluding hydrogens is 210 g/mol. The number of carbonyl (C=O) groups is 3. The second-order valence-corrected chi connectivity index (χ2v) is 4.15. The Labute approximate surface area is 95.1 Å². The van der Waals surface area contributed by atoms with Gasteiger partial charge in [-0.1, -0.05) is 13.8 Å². The van der Waals surface area contributed by atoms with E-state index in [2.05, 4.69) is 16.2 Å². The highest BCUT2D eigenvalue weighted by Crippen LogP contribution is 2.17. The first kappa shape index (κ1) is 14.7. The molecule has 0 aromatic heterocycles. The Balaban J connectivity index is 4.52. The zero-order chi connectivity index (χ0) is 12.8. The van der Waals surface area contributed by atoms with Crippen molar-refractivity contribution in [3.63, 3.8) is 0 Å². The Morgan fingerprint density at radius 1 is 1.38 bits per heavy atom. The summed E-state index contributed by atoms with van der Waals surface area (Å²) in [6, 6.07) is -0.795. The van der Waals surface area contributed by atoms with Crippen molar-refractivity contribution in [1.82, 2.24) is 16.2 Å². The topological polar surface area (TPSA) is 87.3 Å². The fourth-order valence-electron chi connectivity index (χ4n) is 1.26. The van der Waals surface area contributed by atoms with Gasteiger partial charge in [0.25, 0.3) is 0 Å². The SMILES string of the molecule is CNNCC(=O)NC(C(C)=O)C(C)(C)C=O. The number of rotatable bonds is 7. The van der Waals surface area contributed by atoms with Gasteiger partial charge < -0.3 is 10.1 Å². The molecule has 0 aromatic carbocycles. The fraction of sp³-hybridized carbons (Fsp3) is 0.700. The molecule has 1 atom stereocenters. The van der Waals surface area contributed by atoms with E-state index in [4.69, 9.17) is 0 Å². The molecule has 0 spiro atoms. The van der Waals surface area contributed by atoms with Gasteiger partial charge in [-0.15, -0.1) is 0 Å². The van der Waals surface area contributed by atoms with Gasteiger partial charge in [0.05, 0.1) is 12.6 Å². The molecule has 6 heteroatoms. The highest BCUT2D eigenvalue weighted by molar-refractivity contribution is 5.91. The van der Waals surface area contributed by atoms with Crippen LogP contribution >= 0.6 is 0 Å². The van der Waals surface area contributed by atoms with Crippen LogP contribution in [0, 0.1) is 5.41 Å². The van der Waals surface area contributed by atoms with E-state index in [1.807, 2.05) is 0 Å². The Hall–Kier alpha value is -1.27. The van der Waals surface area contributed by atoms with Gasteiger partial charge in [-0.05, 0) is 14.0 Å². The number of aldehydes is 1. The van der Waals surface area contributed by atoms with Gasteiger partial charge in [-0.25, -0.2) is 5.43 Å². The zero-order valence-electron chi connectivity index (χ0n) is 10.1. The number of Topliss-reactive ketones (excluding diaryl/α,β-unsaturated/α-hetero) is 1. The molecule has 1 unspecified atom stereocenters. The molecule has 0 radical (unpaired) electrons. The molecule has 0 aliphatic carbocycles. The minimum Gasteiger partial charge on any atom is -0.344 e. The zero-order valence-corrected chi connectivity index (χ0v) is 10.1. The predicted molar refractivity (Wildman–Crippen MR) is 59.5 cm³/mol. The van der Waals surface area contributed by atoms with Crippen LogP contribution in [0.1, 0.15) is 20.8 Å². The van der Waals surface area contributed by atoms with Crippen LogP contribution in [-0.4, -0.2) is 37.6 Å². The van der Waals surface area contributed by atoms with Crippen LogP contribution in [-0.2, 0) is 14.4 Å². The average Bonchev–Trinajstić information content (AvgIpc) is 2.22. The third kappa shape index (κ3) is 4.50. The number of ketones is 1. The van der Waals surface area contributed by atoms with E-state index in [-0.39, 0.29) is 18.2 Å². The van der Waals surface area contributed by atoms with Crippen LogP contribution in [0.4, 0.5) is 0 Å². The highest BCUT2D eigenvalue weighted by Gasteiger charge is 2.33. The highest BCUT2D eigenvalue weighted by atomic mass is 16.2. The maximum absolute atomic E-state index is 11.4. The molecule has 0 aliphatic rings. The minimum atomic E-state index is -0.902. The van der Waals surface area contributed by atoms with E-state index in [9.17, 15) is 14.4 Å². The van der Waals surface area contributed by atoms with Gasteiger partial charge in [0.1, 0.15) is 6.29 Å². The standard InChI is InChI=1S/C10H19N3O3/c1-7(15)9(10(2,3)6-14)13-8(16)5-12-11-4/h6,9,11-12H,5H2,1-4H3,(H,13,16). The monoisotopic (exact) mass is 229 g/mol. The quantitative estimate of drug-likeness (QED) is 0.385. The number of carbonyl (C=O) groups excluding carboxylic acids is 3. The summed E-state index contributed by atoms with van der Waals surface area (Å²) in [6.07, 6.45) is 0.671. The van der Waals surface area contributed by atoms with Gasteiger partial charge >= 0.3 is 0 Å². The van der Waals surface area contributed by atoms with Crippen LogP contribution in [0.15, 0.2) is 0 Å². The van der Waals surface area contributed by atoms with Crippen LogP contribution in [0.3, 0.4) is 0 Å². The lowest BCUT2D eigenvalue weighted by atomic mass is 9.84. The first-order chi connectivity index (χ1) is 7.35. The van der Waals surface area contributed by atoms with Crippen molar-refractivity contribution in [3.05, 3.63) is 0 Å². The van der Waals surface area contributed by atoms with E-state index in [0.717, 1.165) is 0 Å². The number of hydrazine groups is 1. The molecule has 1 amide bonds. The lowest BCUT2D eigenvalue weighted by molar-refractivity contribution is -0.131. The Morgan fingerprint density at radius 2 is 1.94 bits per heavy atom. The van der Waals surface area contributed by atoms with Crippen LogP contribution in [0.5, 0.6) is 0 Å².